The maximum absolute atomic E-state index is 10.0. The van der Waals surface area contributed by atoms with Crippen LogP contribution in [-0.2, 0) is 0 Å². The number of hydrogen-bond donors (Lipinski definition) is 1. The number of allylic oxidation sites excluding steroid dienone is 1. The third-order valence-electron chi connectivity index (χ3n) is 1.93. The zero-order chi connectivity index (χ0) is 21.5. The highest BCUT2D eigenvalue weighted by Gasteiger charge is 1.99. The van der Waals surface area contributed by atoms with E-state index in [-0.39, 0.29) is 18.0 Å². The van der Waals surface area contributed by atoms with E-state index >= 15 is 0 Å². The van der Waals surface area contributed by atoms with Crippen molar-refractivity contribution >= 4 is 11.4 Å². The fraction of sp³-hybridized carbons (Fsp3) is 0.300. The molecule has 0 radical (unpaired) electrons. The van der Waals surface area contributed by atoms with Crippen LogP contribution < -0.4 is 0 Å². The molecule has 0 aliphatic carbocycles. The summed E-state index contributed by atoms with van der Waals surface area (Å²) in [5.41, 5.74) is 0.273. The van der Waals surface area contributed by atoms with Gasteiger partial charge in [0.05, 0.1) is 9.85 Å². The lowest BCUT2D eigenvalue weighted by Gasteiger charge is -1.85. The molecule has 0 aromatic heterocycles. The van der Waals surface area contributed by atoms with Crippen molar-refractivity contribution in [3.8, 4) is 0 Å². The van der Waals surface area contributed by atoms with Crippen LogP contribution in [0.2, 0.25) is 0 Å². The molecule has 0 unspecified atom stereocenters. The van der Waals surface area contributed by atoms with Crippen LogP contribution in [0.1, 0.15) is 34.1 Å². The maximum Gasteiger partial charge on any atom is 0.269 e. The van der Waals surface area contributed by atoms with E-state index in [4.69, 9.17) is 5.11 Å². The lowest BCUT2D eigenvalue weighted by atomic mass is 10.3. The van der Waals surface area contributed by atoms with Crippen molar-refractivity contribution in [3.63, 3.8) is 0 Å². The summed E-state index contributed by atoms with van der Waals surface area (Å²) in [5, 5.41) is 27.6. The Labute approximate surface area is 161 Å². The second kappa shape index (κ2) is 22.9. The van der Waals surface area contributed by atoms with Crippen molar-refractivity contribution in [1.82, 2.24) is 0 Å². The van der Waals surface area contributed by atoms with Gasteiger partial charge in [0.1, 0.15) is 0 Å². The normalized spacial score (nSPS) is 7.74. The van der Waals surface area contributed by atoms with Crippen LogP contribution >= 0.6 is 0 Å². The van der Waals surface area contributed by atoms with Gasteiger partial charge in [-0.25, -0.2) is 0 Å². The quantitative estimate of drug-likeness (QED) is 0.404. The van der Waals surface area contributed by atoms with Crippen molar-refractivity contribution in [1.29, 1.82) is 0 Å². The average molecular weight is 378 g/mol. The topological polar surface area (TPSA) is 107 Å². The number of nitrogens with zero attached hydrogens (tertiary/aromatic N) is 2. The van der Waals surface area contributed by atoms with Crippen LogP contribution in [-0.4, -0.2) is 21.6 Å². The molecule has 0 atom stereocenters. The Hall–Kier alpha value is -3.06. The maximum atomic E-state index is 10.0. The van der Waals surface area contributed by atoms with Gasteiger partial charge >= 0.3 is 0 Å². The molecule has 0 aliphatic heterocycles. The fourth-order valence-electron chi connectivity index (χ4n) is 1.10. The lowest BCUT2D eigenvalue weighted by molar-refractivity contribution is -0.385. The minimum atomic E-state index is -0.417. The van der Waals surface area contributed by atoms with E-state index in [0.717, 1.165) is 0 Å². The number of para-hydroxylation sites is 2. The number of nitro benzene ring substituents is 2. The van der Waals surface area contributed by atoms with Crippen LogP contribution in [0.15, 0.2) is 73.3 Å². The van der Waals surface area contributed by atoms with E-state index < -0.39 is 9.85 Å². The molecule has 0 fully saturated rings. The van der Waals surface area contributed by atoms with Gasteiger partial charge in [-0.15, -0.1) is 6.58 Å². The van der Waals surface area contributed by atoms with E-state index in [1.165, 1.54) is 30.7 Å². The van der Waals surface area contributed by atoms with Crippen molar-refractivity contribution in [2.75, 3.05) is 6.61 Å². The molecule has 7 heteroatoms. The zero-order valence-corrected chi connectivity index (χ0v) is 16.4. The molecule has 7 nitrogen and oxygen atoms in total. The number of aliphatic hydroxyl groups excluding tert-OH is 1. The van der Waals surface area contributed by atoms with E-state index in [1.54, 1.807) is 49.4 Å². The molecule has 2 rings (SSSR count). The molecule has 0 bridgehead atoms. The molecule has 150 valence electrons. The lowest BCUT2D eigenvalue weighted by Crippen LogP contribution is -1.84. The smallest absolute Gasteiger partial charge is 0.269 e. The predicted octanol–water partition coefficient (Wildman–Crippen LogP) is 5.80. The second-order valence-electron chi connectivity index (χ2n) is 4.62. The molecule has 27 heavy (non-hydrogen) atoms. The molecule has 0 spiro atoms. The number of rotatable bonds is 2. The predicted molar refractivity (Wildman–Crippen MR) is 111 cm³/mol. The zero-order valence-electron chi connectivity index (χ0n) is 16.4. The first kappa shape index (κ1) is 28.7. The Morgan fingerprint density at radius 2 is 1.04 bits per heavy atom. The van der Waals surface area contributed by atoms with Crippen LogP contribution in [0.4, 0.5) is 11.4 Å². The van der Waals surface area contributed by atoms with Gasteiger partial charge in [0, 0.05) is 30.9 Å². The third-order valence-corrected chi connectivity index (χ3v) is 1.93. The number of non-ortho nitro benzene ring substituents is 2. The summed E-state index contributed by atoms with van der Waals surface area (Å²) in [7, 11) is 0. The molecule has 1 N–H and O–H groups in total. The van der Waals surface area contributed by atoms with Crippen molar-refractivity contribution in [2.45, 2.75) is 34.1 Å². The highest BCUT2D eigenvalue weighted by atomic mass is 16.6. The number of benzene rings is 2. The standard InChI is InChI=1S/2C6H5NO2.C3H8.C3H6.C2H6O/c2*8-7(9)6-4-2-1-3-5-6;2*1-3-2;1-2-3/h2*1-5H;3H2,1-2H3;3H,1H2,2H3;3H,2H2,1H3. The molecule has 0 aliphatic rings. The Balaban J connectivity index is -0.000000300. The van der Waals surface area contributed by atoms with Crippen LogP contribution in [0.3, 0.4) is 0 Å². The summed E-state index contributed by atoms with van der Waals surface area (Å²) in [6.45, 7) is 11.4. The highest BCUT2D eigenvalue weighted by molar-refractivity contribution is 5.28. The molecular formula is C20H30N2O5. The van der Waals surface area contributed by atoms with Crippen molar-refractivity contribution < 1.29 is 15.0 Å². The van der Waals surface area contributed by atoms with Crippen molar-refractivity contribution in [3.05, 3.63) is 93.5 Å². The number of aliphatic hydroxyl groups is 1. The third kappa shape index (κ3) is 22.9. The molecule has 0 heterocycles. The van der Waals surface area contributed by atoms with Gasteiger partial charge in [-0.3, -0.25) is 20.2 Å². The Morgan fingerprint density at radius 1 is 0.852 bits per heavy atom. The number of nitro groups is 2. The second-order valence-corrected chi connectivity index (χ2v) is 4.62. The first-order valence-electron chi connectivity index (χ1n) is 8.42. The SMILES string of the molecule is C=CC.CCC.CCO.O=[N+]([O-])c1ccccc1.O=[N+]([O-])c1ccccc1. The summed E-state index contributed by atoms with van der Waals surface area (Å²) in [6.07, 6.45) is 3.00. The summed E-state index contributed by atoms with van der Waals surface area (Å²) < 4.78 is 0. The van der Waals surface area contributed by atoms with E-state index in [0.29, 0.717) is 0 Å². The summed E-state index contributed by atoms with van der Waals surface area (Å²) in [6, 6.07) is 15.9. The largest absolute Gasteiger partial charge is 0.397 e. The Bertz CT molecular complexity index is 538. The van der Waals surface area contributed by atoms with Gasteiger partial charge in [-0.1, -0.05) is 62.7 Å². The summed E-state index contributed by atoms with van der Waals surface area (Å²) in [5.74, 6) is 0. The van der Waals surface area contributed by atoms with Gasteiger partial charge in [0.15, 0.2) is 0 Å². The van der Waals surface area contributed by atoms with Gasteiger partial charge < -0.3 is 5.11 Å². The first-order valence-corrected chi connectivity index (χ1v) is 8.42. The fourth-order valence-corrected chi connectivity index (χ4v) is 1.10. The van der Waals surface area contributed by atoms with Crippen LogP contribution in [0, 0.1) is 20.2 Å². The molecule has 2 aromatic carbocycles. The van der Waals surface area contributed by atoms with Crippen LogP contribution in [0.5, 0.6) is 0 Å². The van der Waals surface area contributed by atoms with Gasteiger partial charge in [0.2, 0.25) is 0 Å². The van der Waals surface area contributed by atoms with E-state index in [9.17, 15) is 20.2 Å². The molecule has 0 saturated heterocycles. The van der Waals surface area contributed by atoms with E-state index in [2.05, 4.69) is 20.4 Å². The minimum absolute atomic E-state index is 0.137. The van der Waals surface area contributed by atoms with Gasteiger partial charge in [-0.2, -0.15) is 0 Å². The molecule has 0 amide bonds. The van der Waals surface area contributed by atoms with Gasteiger partial charge in [0.25, 0.3) is 11.4 Å². The summed E-state index contributed by atoms with van der Waals surface area (Å²) >= 11 is 0. The first-order chi connectivity index (χ1) is 12.9. The summed E-state index contributed by atoms with van der Waals surface area (Å²) in [4.78, 5) is 19.2. The Kier molecular flexibility index (Phi) is 24.4. The minimum Gasteiger partial charge on any atom is -0.397 e. The Morgan fingerprint density at radius 3 is 1.15 bits per heavy atom. The average Bonchev–Trinajstić information content (AvgIpc) is 2.66. The van der Waals surface area contributed by atoms with Crippen LogP contribution in [0.25, 0.3) is 0 Å². The van der Waals surface area contributed by atoms with Crippen molar-refractivity contribution in [2.24, 2.45) is 0 Å². The number of hydrogen-bond acceptors (Lipinski definition) is 5. The molecule has 0 saturated carbocycles. The molecular weight excluding hydrogens is 348 g/mol. The highest BCUT2D eigenvalue weighted by Crippen LogP contribution is 2.07. The van der Waals surface area contributed by atoms with Gasteiger partial charge in [-0.05, 0) is 13.8 Å². The monoisotopic (exact) mass is 378 g/mol. The van der Waals surface area contributed by atoms with E-state index in [1.807, 2.05) is 6.92 Å². The molecule has 2 aromatic rings.